The van der Waals surface area contributed by atoms with Crippen molar-refractivity contribution in [2.75, 3.05) is 20.2 Å². The lowest BCUT2D eigenvalue weighted by Gasteiger charge is -2.31. The van der Waals surface area contributed by atoms with E-state index in [1.807, 2.05) is 26.0 Å². The third-order valence-electron chi connectivity index (χ3n) is 3.83. The Morgan fingerprint density at radius 2 is 2.00 bits per heavy atom. The minimum atomic E-state index is -3.43. The van der Waals surface area contributed by atoms with Crippen LogP contribution >= 0.6 is 0 Å². The first-order chi connectivity index (χ1) is 9.46. The molecule has 1 saturated heterocycles. The standard InChI is InChI=1S/C15H23NO3S/c1-12(2)14-8-4-5-9-15(14)20(17,18)16-10-6-7-13(11-16)19-3/h4-5,8-9,12-13H,6-7,10-11H2,1-3H3. The van der Waals surface area contributed by atoms with E-state index in [-0.39, 0.29) is 12.0 Å². The van der Waals surface area contributed by atoms with Crippen molar-refractivity contribution in [2.24, 2.45) is 0 Å². The van der Waals surface area contributed by atoms with E-state index in [9.17, 15) is 8.42 Å². The van der Waals surface area contributed by atoms with E-state index in [1.165, 1.54) is 0 Å². The van der Waals surface area contributed by atoms with Gasteiger partial charge in [0.25, 0.3) is 0 Å². The van der Waals surface area contributed by atoms with E-state index in [0.717, 1.165) is 18.4 Å². The molecule has 1 aliphatic heterocycles. The van der Waals surface area contributed by atoms with Crippen molar-refractivity contribution in [1.29, 1.82) is 0 Å². The molecule has 5 heteroatoms. The van der Waals surface area contributed by atoms with Crippen LogP contribution in [0, 0.1) is 0 Å². The lowest BCUT2D eigenvalue weighted by molar-refractivity contribution is 0.0571. The largest absolute Gasteiger partial charge is 0.380 e. The van der Waals surface area contributed by atoms with E-state index in [4.69, 9.17) is 4.74 Å². The first kappa shape index (κ1) is 15.5. The van der Waals surface area contributed by atoms with Crippen LogP contribution in [-0.2, 0) is 14.8 Å². The average Bonchev–Trinajstić information content (AvgIpc) is 2.47. The number of sulfonamides is 1. The van der Waals surface area contributed by atoms with Crippen LogP contribution in [0.3, 0.4) is 0 Å². The molecule has 0 bridgehead atoms. The highest BCUT2D eigenvalue weighted by Gasteiger charge is 2.31. The third-order valence-corrected chi connectivity index (χ3v) is 5.77. The first-order valence-electron chi connectivity index (χ1n) is 7.08. The summed E-state index contributed by atoms with van der Waals surface area (Å²) in [6.45, 7) is 5.06. The molecule has 20 heavy (non-hydrogen) atoms. The summed E-state index contributed by atoms with van der Waals surface area (Å²) < 4.78 is 32.6. The number of nitrogens with zero attached hydrogens (tertiary/aromatic N) is 1. The molecule has 112 valence electrons. The smallest absolute Gasteiger partial charge is 0.243 e. The molecule has 1 aliphatic rings. The van der Waals surface area contributed by atoms with Crippen LogP contribution in [0.2, 0.25) is 0 Å². The molecule has 0 aliphatic carbocycles. The Hall–Kier alpha value is -0.910. The predicted molar refractivity (Wildman–Crippen MR) is 79.3 cm³/mol. The fraction of sp³-hybridized carbons (Fsp3) is 0.600. The summed E-state index contributed by atoms with van der Waals surface area (Å²) in [6, 6.07) is 7.29. The van der Waals surface area contributed by atoms with Gasteiger partial charge in [0.2, 0.25) is 10.0 Å². The third kappa shape index (κ3) is 3.05. The van der Waals surface area contributed by atoms with Crippen molar-refractivity contribution in [3.63, 3.8) is 0 Å². The van der Waals surface area contributed by atoms with E-state index < -0.39 is 10.0 Å². The fourth-order valence-corrected chi connectivity index (χ4v) is 4.51. The van der Waals surface area contributed by atoms with Gasteiger partial charge in [0, 0.05) is 20.2 Å². The Bertz CT molecular complexity index is 554. The topological polar surface area (TPSA) is 46.6 Å². The van der Waals surface area contributed by atoms with Crippen molar-refractivity contribution in [1.82, 2.24) is 4.31 Å². The van der Waals surface area contributed by atoms with Crippen molar-refractivity contribution in [2.45, 2.75) is 43.6 Å². The fourth-order valence-electron chi connectivity index (χ4n) is 2.65. The minimum Gasteiger partial charge on any atom is -0.380 e. The second-order valence-corrected chi connectivity index (χ2v) is 7.46. The molecule has 0 radical (unpaired) electrons. The number of piperidine rings is 1. The second-order valence-electron chi connectivity index (χ2n) is 5.56. The molecule has 1 unspecified atom stereocenters. The Balaban J connectivity index is 2.35. The monoisotopic (exact) mass is 297 g/mol. The van der Waals surface area contributed by atoms with E-state index in [0.29, 0.717) is 18.0 Å². The van der Waals surface area contributed by atoms with E-state index in [1.54, 1.807) is 23.5 Å². The van der Waals surface area contributed by atoms with Crippen LogP contribution in [0.15, 0.2) is 29.2 Å². The van der Waals surface area contributed by atoms with Crippen LogP contribution in [0.25, 0.3) is 0 Å². The van der Waals surface area contributed by atoms with Crippen LogP contribution in [0.4, 0.5) is 0 Å². The van der Waals surface area contributed by atoms with Crippen molar-refractivity contribution in [3.05, 3.63) is 29.8 Å². The normalized spacial score (nSPS) is 21.3. The molecular formula is C15H23NO3S. The summed E-state index contributed by atoms with van der Waals surface area (Å²) in [5.41, 5.74) is 0.882. The minimum absolute atomic E-state index is 0.00439. The Kier molecular flexibility index (Phi) is 4.83. The maximum absolute atomic E-state index is 12.8. The van der Waals surface area contributed by atoms with Crippen LogP contribution in [0.1, 0.15) is 38.2 Å². The maximum Gasteiger partial charge on any atom is 0.243 e. The summed E-state index contributed by atoms with van der Waals surface area (Å²) in [4.78, 5) is 0.437. The molecule has 1 atom stereocenters. The highest BCUT2D eigenvalue weighted by Crippen LogP contribution is 2.28. The molecule has 1 aromatic carbocycles. The van der Waals surface area contributed by atoms with Crippen LogP contribution < -0.4 is 0 Å². The summed E-state index contributed by atoms with van der Waals surface area (Å²) in [5.74, 6) is 0.184. The van der Waals surface area contributed by atoms with Gasteiger partial charge in [0.15, 0.2) is 0 Å². The number of hydrogen-bond donors (Lipinski definition) is 0. The highest BCUT2D eigenvalue weighted by atomic mass is 32.2. The van der Waals surface area contributed by atoms with Crippen molar-refractivity contribution >= 4 is 10.0 Å². The summed E-state index contributed by atoms with van der Waals surface area (Å²) >= 11 is 0. The van der Waals surface area contributed by atoms with Crippen LogP contribution in [0.5, 0.6) is 0 Å². The van der Waals surface area contributed by atoms with Gasteiger partial charge in [-0.1, -0.05) is 32.0 Å². The molecule has 1 heterocycles. The van der Waals surface area contributed by atoms with E-state index >= 15 is 0 Å². The number of benzene rings is 1. The maximum atomic E-state index is 12.8. The zero-order valence-electron chi connectivity index (χ0n) is 12.4. The predicted octanol–water partition coefficient (Wildman–Crippen LogP) is 2.61. The van der Waals surface area contributed by atoms with Gasteiger partial charge in [0.05, 0.1) is 11.0 Å². The lowest BCUT2D eigenvalue weighted by atomic mass is 10.0. The zero-order valence-corrected chi connectivity index (χ0v) is 13.2. The van der Waals surface area contributed by atoms with Gasteiger partial charge in [0.1, 0.15) is 0 Å². The summed E-state index contributed by atoms with van der Waals surface area (Å²) in [7, 11) is -1.79. The Morgan fingerprint density at radius 1 is 1.30 bits per heavy atom. The quantitative estimate of drug-likeness (QED) is 0.858. The molecule has 0 spiro atoms. The molecule has 1 aromatic rings. The molecule has 1 fully saturated rings. The van der Waals surface area contributed by atoms with Gasteiger partial charge in [-0.3, -0.25) is 0 Å². The molecule has 4 nitrogen and oxygen atoms in total. The molecule has 0 saturated carbocycles. The highest BCUT2D eigenvalue weighted by molar-refractivity contribution is 7.89. The van der Waals surface area contributed by atoms with Gasteiger partial charge in [-0.2, -0.15) is 4.31 Å². The van der Waals surface area contributed by atoms with Gasteiger partial charge < -0.3 is 4.74 Å². The average molecular weight is 297 g/mol. The van der Waals surface area contributed by atoms with Gasteiger partial charge in [-0.15, -0.1) is 0 Å². The van der Waals surface area contributed by atoms with Crippen LogP contribution in [-0.4, -0.2) is 39.0 Å². The Morgan fingerprint density at radius 3 is 2.65 bits per heavy atom. The van der Waals surface area contributed by atoms with Crippen molar-refractivity contribution < 1.29 is 13.2 Å². The summed E-state index contributed by atoms with van der Waals surface area (Å²) in [6.07, 6.45) is 1.78. The molecular weight excluding hydrogens is 274 g/mol. The molecule has 0 amide bonds. The number of rotatable bonds is 4. The molecule has 0 N–H and O–H groups in total. The molecule has 0 aromatic heterocycles. The zero-order chi connectivity index (χ0) is 14.8. The van der Waals surface area contributed by atoms with Gasteiger partial charge >= 0.3 is 0 Å². The number of methoxy groups -OCH3 is 1. The van der Waals surface area contributed by atoms with Gasteiger partial charge in [-0.25, -0.2) is 8.42 Å². The summed E-state index contributed by atoms with van der Waals surface area (Å²) in [5, 5.41) is 0. The number of ether oxygens (including phenoxy) is 1. The van der Waals surface area contributed by atoms with Crippen molar-refractivity contribution in [3.8, 4) is 0 Å². The number of hydrogen-bond acceptors (Lipinski definition) is 3. The van der Waals surface area contributed by atoms with E-state index in [2.05, 4.69) is 0 Å². The van der Waals surface area contributed by atoms with Gasteiger partial charge in [-0.05, 0) is 30.4 Å². The SMILES string of the molecule is COC1CCCN(S(=O)(=O)c2ccccc2C(C)C)C1. The Labute approximate surface area is 121 Å². The second kappa shape index (κ2) is 6.24. The lowest BCUT2D eigenvalue weighted by Crippen LogP contribution is -2.43. The first-order valence-corrected chi connectivity index (χ1v) is 8.52. The molecule has 2 rings (SSSR count).